The third-order valence-electron chi connectivity index (χ3n) is 2.98. The molecule has 0 aliphatic rings. The first-order valence-corrected chi connectivity index (χ1v) is 8.22. The van der Waals surface area contributed by atoms with E-state index in [9.17, 15) is 9.18 Å². The monoisotopic (exact) mass is 337 g/mol. The van der Waals surface area contributed by atoms with Crippen molar-refractivity contribution in [3.05, 3.63) is 34.5 Å². The van der Waals surface area contributed by atoms with Crippen molar-refractivity contribution in [2.24, 2.45) is 0 Å². The van der Waals surface area contributed by atoms with E-state index in [0.717, 1.165) is 5.69 Å². The molecule has 22 heavy (non-hydrogen) atoms. The Morgan fingerprint density at radius 1 is 1.45 bits per heavy atom. The number of hydrogen-bond donors (Lipinski definition) is 1. The number of nitrogens with one attached hydrogen (secondary N) is 1. The molecule has 2 aromatic heterocycles. The predicted molar refractivity (Wildman–Crippen MR) is 85.2 cm³/mol. The molecule has 3 rings (SSSR count). The second kappa shape index (κ2) is 6.37. The number of aryl methyl sites for hydroxylation is 1. The zero-order valence-electron chi connectivity index (χ0n) is 11.6. The predicted octanol–water partition coefficient (Wildman–Crippen LogP) is 3.47. The van der Waals surface area contributed by atoms with E-state index in [0.29, 0.717) is 33.9 Å². The van der Waals surface area contributed by atoms with Gasteiger partial charge in [-0.1, -0.05) is 11.3 Å². The number of carbonyl (C=O) groups is 1. The van der Waals surface area contributed by atoms with Gasteiger partial charge in [-0.05, 0) is 12.5 Å². The summed E-state index contributed by atoms with van der Waals surface area (Å²) < 4.78 is 19.2. The number of halogens is 1. The van der Waals surface area contributed by atoms with E-state index in [-0.39, 0.29) is 5.91 Å². The second-order valence-electron chi connectivity index (χ2n) is 4.50. The van der Waals surface area contributed by atoms with Crippen LogP contribution in [-0.4, -0.2) is 23.0 Å². The Kier molecular flexibility index (Phi) is 4.30. The highest BCUT2D eigenvalue weighted by Crippen LogP contribution is 2.33. The maximum atomic E-state index is 13.4. The highest BCUT2D eigenvalue weighted by Gasteiger charge is 2.13. The molecule has 3 aromatic rings. The fraction of sp³-hybridized carbons (Fsp3) is 0.214. The van der Waals surface area contributed by atoms with Gasteiger partial charge in [-0.3, -0.25) is 4.79 Å². The molecule has 114 valence electrons. The van der Waals surface area contributed by atoms with E-state index in [2.05, 4.69) is 15.3 Å². The minimum absolute atomic E-state index is 0.147. The number of thiazole rings is 2. The molecular formula is C14H12FN3O2S2. The first kappa shape index (κ1) is 14.9. The smallest absolute Gasteiger partial charge is 0.226 e. The van der Waals surface area contributed by atoms with Crippen molar-refractivity contribution in [3.63, 3.8) is 0 Å². The number of methoxy groups -OCH3 is 1. The van der Waals surface area contributed by atoms with Gasteiger partial charge >= 0.3 is 0 Å². The Balaban J connectivity index is 1.72. The maximum Gasteiger partial charge on any atom is 0.226 e. The molecule has 0 saturated heterocycles. The molecule has 1 aromatic carbocycles. The number of hydrogen-bond acceptors (Lipinski definition) is 6. The van der Waals surface area contributed by atoms with Gasteiger partial charge in [0.05, 0.1) is 23.0 Å². The van der Waals surface area contributed by atoms with Crippen LogP contribution >= 0.6 is 22.7 Å². The topological polar surface area (TPSA) is 64.1 Å². The zero-order chi connectivity index (χ0) is 15.5. The van der Waals surface area contributed by atoms with Crippen LogP contribution in [0, 0.1) is 5.82 Å². The van der Waals surface area contributed by atoms with E-state index < -0.39 is 5.82 Å². The summed E-state index contributed by atoms with van der Waals surface area (Å²) in [6.07, 6.45) is 0.906. The molecule has 0 atom stereocenters. The molecule has 0 bridgehead atoms. The lowest BCUT2D eigenvalue weighted by Gasteiger charge is -2.00. The van der Waals surface area contributed by atoms with Gasteiger partial charge in [-0.15, -0.1) is 11.3 Å². The number of fused-ring (bicyclic) bond motifs is 1. The Hall–Kier alpha value is -2.06. The Morgan fingerprint density at radius 2 is 2.32 bits per heavy atom. The Morgan fingerprint density at radius 3 is 3.05 bits per heavy atom. The minimum Gasteiger partial charge on any atom is -0.494 e. The van der Waals surface area contributed by atoms with Crippen molar-refractivity contribution in [1.82, 2.24) is 9.97 Å². The SMILES string of the molecule is COc1cc(F)cc2sc(NC(=O)CCc3cscn3)nc12. The number of nitrogens with zero attached hydrogens (tertiary/aromatic N) is 2. The summed E-state index contributed by atoms with van der Waals surface area (Å²) in [7, 11) is 1.46. The first-order valence-electron chi connectivity index (χ1n) is 6.46. The molecule has 1 N–H and O–H groups in total. The molecule has 0 radical (unpaired) electrons. The summed E-state index contributed by atoms with van der Waals surface area (Å²) in [4.78, 5) is 20.4. The minimum atomic E-state index is -0.394. The molecule has 8 heteroatoms. The van der Waals surface area contributed by atoms with Crippen LogP contribution in [0.2, 0.25) is 0 Å². The lowest BCUT2D eigenvalue weighted by Crippen LogP contribution is -2.12. The van der Waals surface area contributed by atoms with Crippen LogP contribution in [0.25, 0.3) is 10.2 Å². The maximum absolute atomic E-state index is 13.4. The average Bonchev–Trinajstić information content (AvgIpc) is 3.13. The summed E-state index contributed by atoms with van der Waals surface area (Å²) >= 11 is 2.72. The number of benzene rings is 1. The van der Waals surface area contributed by atoms with E-state index in [4.69, 9.17) is 4.74 Å². The highest BCUT2D eigenvalue weighted by molar-refractivity contribution is 7.22. The fourth-order valence-electron chi connectivity index (χ4n) is 1.96. The Labute approximate surface area is 133 Å². The van der Waals surface area contributed by atoms with Crippen LogP contribution in [0.1, 0.15) is 12.1 Å². The van der Waals surface area contributed by atoms with Crippen LogP contribution in [0.15, 0.2) is 23.0 Å². The van der Waals surface area contributed by atoms with E-state index in [1.54, 1.807) is 5.51 Å². The number of ether oxygens (including phenoxy) is 1. The van der Waals surface area contributed by atoms with Crippen LogP contribution in [0.4, 0.5) is 9.52 Å². The van der Waals surface area contributed by atoms with Gasteiger partial charge in [0, 0.05) is 17.9 Å². The molecule has 5 nitrogen and oxygen atoms in total. The lowest BCUT2D eigenvalue weighted by molar-refractivity contribution is -0.116. The fourth-order valence-corrected chi connectivity index (χ4v) is 3.48. The molecular weight excluding hydrogens is 325 g/mol. The van der Waals surface area contributed by atoms with Gasteiger partial charge < -0.3 is 10.1 Å². The summed E-state index contributed by atoms with van der Waals surface area (Å²) in [5, 5.41) is 5.08. The molecule has 0 aliphatic carbocycles. The third kappa shape index (κ3) is 3.23. The van der Waals surface area contributed by atoms with Crippen molar-refractivity contribution in [1.29, 1.82) is 0 Å². The van der Waals surface area contributed by atoms with Crippen molar-refractivity contribution in [3.8, 4) is 5.75 Å². The molecule has 0 fully saturated rings. The van der Waals surface area contributed by atoms with Crippen molar-refractivity contribution < 1.29 is 13.9 Å². The van der Waals surface area contributed by atoms with Gasteiger partial charge in [-0.25, -0.2) is 14.4 Å². The first-order chi connectivity index (χ1) is 10.7. The largest absolute Gasteiger partial charge is 0.494 e. The summed E-state index contributed by atoms with van der Waals surface area (Å²) in [6.45, 7) is 0. The number of amides is 1. The molecule has 0 aliphatic heterocycles. The zero-order valence-corrected chi connectivity index (χ0v) is 13.3. The van der Waals surface area contributed by atoms with Crippen molar-refractivity contribution in [2.75, 3.05) is 12.4 Å². The number of aromatic nitrogens is 2. The van der Waals surface area contributed by atoms with E-state index in [1.165, 1.54) is 41.9 Å². The summed E-state index contributed by atoms with van der Waals surface area (Å²) in [5.74, 6) is -0.185. The third-order valence-corrected chi connectivity index (χ3v) is 4.54. The van der Waals surface area contributed by atoms with Gasteiger partial charge in [0.15, 0.2) is 5.13 Å². The molecule has 0 saturated carbocycles. The van der Waals surface area contributed by atoms with E-state index >= 15 is 0 Å². The Bertz CT molecular complexity index is 802. The highest BCUT2D eigenvalue weighted by atomic mass is 32.1. The van der Waals surface area contributed by atoms with Gasteiger partial charge in [-0.2, -0.15) is 0 Å². The average molecular weight is 337 g/mol. The van der Waals surface area contributed by atoms with Crippen LogP contribution < -0.4 is 10.1 Å². The molecule has 1 amide bonds. The second-order valence-corrected chi connectivity index (χ2v) is 6.25. The van der Waals surface area contributed by atoms with Gasteiger partial charge in [0.1, 0.15) is 17.1 Å². The number of carbonyl (C=O) groups excluding carboxylic acids is 1. The van der Waals surface area contributed by atoms with Crippen molar-refractivity contribution in [2.45, 2.75) is 12.8 Å². The van der Waals surface area contributed by atoms with Gasteiger partial charge in [0.2, 0.25) is 5.91 Å². The quantitative estimate of drug-likeness (QED) is 0.774. The number of anilines is 1. The number of rotatable bonds is 5. The molecule has 0 unspecified atom stereocenters. The molecule has 0 spiro atoms. The van der Waals surface area contributed by atoms with Crippen LogP contribution in [-0.2, 0) is 11.2 Å². The van der Waals surface area contributed by atoms with Crippen LogP contribution in [0.5, 0.6) is 5.75 Å². The summed E-state index contributed by atoms with van der Waals surface area (Å²) in [6, 6.07) is 2.65. The molecule has 2 heterocycles. The standard InChI is InChI=1S/C14H12FN3O2S2/c1-20-10-4-8(15)5-11-13(10)18-14(22-11)17-12(19)3-2-9-6-21-7-16-9/h4-7H,2-3H2,1H3,(H,17,18,19). The lowest BCUT2D eigenvalue weighted by atomic mass is 10.2. The van der Waals surface area contributed by atoms with Gasteiger partial charge in [0.25, 0.3) is 0 Å². The van der Waals surface area contributed by atoms with E-state index in [1.807, 2.05) is 5.38 Å². The van der Waals surface area contributed by atoms with Crippen LogP contribution in [0.3, 0.4) is 0 Å². The van der Waals surface area contributed by atoms with Crippen molar-refractivity contribution >= 4 is 43.9 Å². The summed E-state index contributed by atoms with van der Waals surface area (Å²) in [5.41, 5.74) is 3.18. The normalized spacial score (nSPS) is 10.8.